The molecule has 0 saturated heterocycles. The molecule has 0 aliphatic heterocycles. The largest absolute Gasteiger partial charge is 0.397 e. The molecule has 0 aliphatic carbocycles. The normalized spacial score (nSPS) is 10.8. The van der Waals surface area contributed by atoms with E-state index in [1.165, 1.54) is 6.92 Å². The molecule has 1 aromatic heterocycles. The number of pyridine rings is 1. The maximum Gasteiger partial charge on any atom is 0.265 e. The summed E-state index contributed by atoms with van der Waals surface area (Å²) in [6.07, 6.45) is -1.42. The highest BCUT2D eigenvalue weighted by Crippen LogP contribution is 2.26. The third kappa shape index (κ3) is 1.75. The molecule has 0 bridgehead atoms. The van der Waals surface area contributed by atoms with Crippen LogP contribution in [0.25, 0.3) is 0 Å². The standard InChI is InChI=1S/C8H11F2N3/c1-4-5(8(9)10)3-13-6(2-11)7(4)12/h3,8H,2,11-12H2,1H3. The van der Waals surface area contributed by atoms with Gasteiger partial charge in [-0.3, -0.25) is 4.98 Å². The fourth-order valence-electron chi connectivity index (χ4n) is 1.07. The number of nitrogen functional groups attached to an aromatic ring is 1. The van der Waals surface area contributed by atoms with E-state index in [1.807, 2.05) is 0 Å². The highest BCUT2D eigenvalue weighted by Gasteiger charge is 2.14. The van der Waals surface area contributed by atoms with Crippen LogP contribution in [0.3, 0.4) is 0 Å². The topological polar surface area (TPSA) is 64.9 Å². The zero-order chi connectivity index (χ0) is 10.0. The van der Waals surface area contributed by atoms with Crippen molar-refractivity contribution < 1.29 is 8.78 Å². The van der Waals surface area contributed by atoms with E-state index < -0.39 is 6.43 Å². The van der Waals surface area contributed by atoms with Crippen LogP contribution in [-0.2, 0) is 6.54 Å². The van der Waals surface area contributed by atoms with Crippen LogP contribution in [0.4, 0.5) is 14.5 Å². The summed E-state index contributed by atoms with van der Waals surface area (Å²) in [7, 11) is 0. The molecule has 5 heteroatoms. The lowest BCUT2D eigenvalue weighted by atomic mass is 10.1. The number of halogens is 2. The first kappa shape index (κ1) is 9.85. The van der Waals surface area contributed by atoms with E-state index in [2.05, 4.69) is 4.98 Å². The maximum absolute atomic E-state index is 12.3. The van der Waals surface area contributed by atoms with Gasteiger partial charge < -0.3 is 11.5 Å². The minimum absolute atomic E-state index is 0.130. The molecule has 72 valence electrons. The third-order valence-electron chi connectivity index (χ3n) is 1.94. The molecule has 0 fully saturated rings. The van der Waals surface area contributed by atoms with Crippen LogP contribution >= 0.6 is 0 Å². The van der Waals surface area contributed by atoms with Crippen LogP contribution in [0.1, 0.15) is 23.2 Å². The van der Waals surface area contributed by atoms with Crippen LogP contribution in [-0.4, -0.2) is 4.98 Å². The number of nitrogens with zero attached hydrogens (tertiary/aromatic N) is 1. The van der Waals surface area contributed by atoms with Gasteiger partial charge in [-0.1, -0.05) is 0 Å². The van der Waals surface area contributed by atoms with Crippen molar-refractivity contribution in [2.45, 2.75) is 19.9 Å². The monoisotopic (exact) mass is 187 g/mol. The zero-order valence-electron chi connectivity index (χ0n) is 7.22. The van der Waals surface area contributed by atoms with Gasteiger partial charge in [-0.05, 0) is 12.5 Å². The Bertz CT molecular complexity index is 313. The Balaban J connectivity index is 3.23. The second kappa shape index (κ2) is 3.66. The maximum atomic E-state index is 12.3. The lowest BCUT2D eigenvalue weighted by Gasteiger charge is -2.09. The van der Waals surface area contributed by atoms with Crippen molar-refractivity contribution >= 4 is 5.69 Å². The van der Waals surface area contributed by atoms with Crippen molar-refractivity contribution in [2.75, 3.05) is 5.73 Å². The molecule has 1 heterocycles. The molecular formula is C8H11F2N3. The summed E-state index contributed by atoms with van der Waals surface area (Å²) in [5.74, 6) is 0. The molecule has 0 aliphatic rings. The minimum Gasteiger partial charge on any atom is -0.397 e. The highest BCUT2D eigenvalue weighted by molar-refractivity contribution is 5.53. The number of nitrogens with two attached hydrogens (primary N) is 2. The molecule has 0 aromatic carbocycles. The quantitative estimate of drug-likeness (QED) is 0.734. The average Bonchev–Trinajstić information content (AvgIpc) is 2.09. The molecule has 0 radical (unpaired) electrons. The fraction of sp³-hybridized carbons (Fsp3) is 0.375. The first-order valence-electron chi connectivity index (χ1n) is 3.80. The van der Waals surface area contributed by atoms with Crippen molar-refractivity contribution in [1.82, 2.24) is 4.98 Å². The smallest absolute Gasteiger partial charge is 0.265 e. The van der Waals surface area contributed by atoms with Gasteiger partial charge in [-0.15, -0.1) is 0 Å². The van der Waals surface area contributed by atoms with Crippen LogP contribution in [0.5, 0.6) is 0 Å². The Morgan fingerprint density at radius 1 is 1.54 bits per heavy atom. The van der Waals surface area contributed by atoms with Crippen LogP contribution in [0.2, 0.25) is 0 Å². The molecule has 0 atom stereocenters. The SMILES string of the molecule is Cc1c(C(F)F)cnc(CN)c1N. The van der Waals surface area contributed by atoms with E-state index in [-0.39, 0.29) is 17.8 Å². The van der Waals surface area contributed by atoms with Crippen LogP contribution < -0.4 is 11.5 Å². The molecule has 0 saturated carbocycles. The van der Waals surface area contributed by atoms with E-state index >= 15 is 0 Å². The predicted octanol–water partition coefficient (Wildman–Crippen LogP) is 1.37. The minimum atomic E-state index is -2.54. The molecule has 3 nitrogen and oxygen atoms in total. The van der Waals surface area contributed by atoms with Crippen molar-refractivity contribution in [3.8, 4) is 0 Å². The molecule has 0 unspecified atom stereocenters. The van der Waals surface area contributed by atoms with Crippen molar-refractivity contribution in [1.29, 1.82) is 0 Å². The first-order valence-corrected chi connectivity index (χ1v) is 3.80. The summed E-state index contributed by atoms with van der Waals surface area (Å²) in [6, 6.07) is 0. The Hall–Kier alpha value is -1.23. The molecule has 1 aromatic rings. The van der Waals surface area contributed by atoms with Crippen molar-refractivity contribution in [3.63, 3.8) is 0 Å². The van der Waals surface area contributed by atoms with Gasteiger partial charge in [0, 0.05) is 18.3 Å². The molecule has 4 N–H and O–H groups in total. The Morgan fingerprint density at radius 2 is 2.15 bits per heavy atom. The molecule has 0 spiro atoms. The number of rotatable bonds is 2. The summed E-state index contributed by atoms with van der Waals surface area (Å²) in [6.45, 7) is 1.70. The number of anilines is 1. The van der Waals surface area contributed by atoms with Crippen molar-refractivity contribution in [3.05, 3.63) is 23.0 Å². The van der Waals surface area contributed by atoms with Gasteiger partial charge in [0.15, 0.2) is 0 Å². The highest BCUT2D eigenvalue weighted by atomic mass is 19.3. The lowest BCUT2D eigenvalue weighted by molar-refractivity contribution is 0.150. The molecule has 1 rings (SSSR count). The number of hydrogen-bond donors (Lipinski definition) is 2. The summed E-state index contributed by atoms with van der Waals surface area (Å²) in [5.41, 5.74) is 11.8. The van der Waals surface area contributed by atoms with E-state index in [0.29, 0.717) is 11.3 Å². The summed E-state index contributed by atoms with van der Waals surface area (Å²) >= 11 is 0. The predicted molar refractivity (Wildman–Crippen MR) is 46.2 cm³/mol. The number of alkyl halides is 2. The second-order valence-corrected chi connectivity index (χ2v) is 2.70. The molecule has 13 heavy (non-hydrogen) atoms. The van der Waals surface area contributed by atoms with Gasteiger partial charge in [0.1, 0.15) is 0 Å². The third-order valence-corrected chi connectivity index (χ3v) is 1.94. The van der Waals surface area contributed by atoms with Crippen LogP contribution in [0, 0.1) is 6.92 Å². The Morgan fingerprint density at radius 3 is 2.62 bits per heavy atom. The molecular weight excluding hydrogens is 176 g/mol. The van der Waals surface area contributed by atoms with Gasteiger partial charge in [-0.25, -0.2) is 8.78 Å². The van der Waals surface area contributed by atoms with Crippen LogP contribution in [0.15, 0.2) is 6.20 Å². The molecule has 0 amide bonds. The Kier molecular flexibility index (Phi) is 2.77. The van der Waals surface area contributed by atoms with Gasteiger partial charge in [0.2, 0.25) is 0 Å². The van der Waals surface area contributed by atoms with Gasteiger partial charge in [0.05, 0.1) is 11.4 Å². The number of aromatic nitrogens is 1. The van der Waals surface area contributed by atoms with Gasteiger partial charge >= 0.3 is 0 Å². The van der Waals surface area contributed by atoms with E-state index in [4.69, 9.17) is 11.5 Å². The zero-order valence-corrected chi connectivity index (χ0v) is 7.22. The average molecular weight is 187 g/mol. The first-order chi connectivity index (χ1) is 6.07. The van der Waals surface area contributed by atoms with Gasteiger partial charge in [0.25, 0.3) is 6.43 Å². The lowest BCUT2D eigenvalue weighted by Crippen LogP contribution is -2.08. The summed E-state index contributed by atoms with van der Waals surface area (Å²) < 4.78 is 24.6. The van der Waals surface area contributed by atoms with E-state index in [9.17, 15) is 8.78 Å². The van der Waals surface area contributed by atoms with Crippen molar-refractivity contribution in [2.24, 2.45) is 5.73 Å². The Labute approximate surface area is 74.8 Å². The summed E-state index contributed by atoms with van der Waals surface area (Å²) in [5, 5.41) is 0. The second-order valence-electron chi connectivity index (χ2n) is 2.70. The van der Waals surface area contributed by atoms with E-state index in [1.54, 1.807) is 0 Å². The summed E-state index contributed by atoms with van der Waals surface area (Å²) in [4.78, 5) is 3.75. The fourth-order valence-corrected chi connectivity index (χ4v) is 1.07. The van der Waals surface area contributed by atoms with Gasteiger partial charge in [-0.2, -0.15) is 0 Å². The van der Waals surface area contributed by atoms with E-state index in [0.717, 1.165) is 6.20 Å². The number of hydrogen-bond acceptors (Lipinski definition) is 3.